The van der Waals surface area contributed by atoms with Gasteiger partial charge in [-0.3, -0.25) is 4.98 Å². The van der Waals surface area contributed by atoms with Gasteiger partial charge in [0.25, 0.3) is 0 Å². The van der Waals surface area contributed by atoms with Crippen molar-refractivity contribution in [3.63, 3.8) is 0 Å². The number of hydrogen-bond acceptors (Lipinski definition) is 3. The Morgan fingerprint density at radius 3 is 2.62 bits per heavy atom. The molecule has 112 valence electrons. The van der Waals surface area contributed by atoms with Crippen LogP contribution in [0.2, 0.25) is 0 Å². The summed E-state index contributed by atoms with van der Waals surface area (Å²) in [7, 11) is 2.05. The molecule has 0 saturated carbocycles. The molecule has 2 aromatic rings. The number of nitrogens with zero attached hydrogens (tertiary/aromatic N) is 2. The first-order chi connectivity index (χ1) is 10.2. The molecule has 1 aromatic heterocycles. The van der Waals surface area contributed by atoms with Crippen molar-refractivity contribution in [2.24, 2.45) is 5.73 Å². The minimum atomic E-state index is -0.261. The second kappa shape index (κ2) is 7.86. The van der Waals surface area contributed by atoms with Crippen molar-refractivity contribution in [1.82, 2.24) is 9.88 Å². The monoisotopic (exact) mass is 287 g/mol. The van der Waals surface area contributed by atoms with Gasteiger partial charge in [0.1, 0.15) is 5.82 Å². The number of pyridine rings is 1. The van der Waals surface area contributed by atoms with Crippen LogP contribution in [-0.4, -0.2) is 30.0 Å². The smallest absolute Gasteiger partial charge is 0.127 e. The predicted molar refractivity (Wildman–Crippen MR) is 83.4 cm³/mol. The molecule has 2 N–H and O–H groups in total. The second-order valence-corrected chi connectivity index (χ2v) is 5.29. The fourth-order valence-electron chi connectivity index (χ4n) is 2.25. The zero-order valence-electron chi connectivity index (χ0n) is 12.4. The quantitative estimate of drug-likeness (QED) is 0.851. The Labute approximate surface area is 125 Å². The van der Waals surface area contributed by atoms with E-state index in [4.69, 9.17) is 5.73 Å². The van der Waals surface area contributed by atoms with E-state index in [1.54, 1.807) is 12.1 Å². The van der Waals surface area contributed by atoms with E-state index in [-0.39, 0.29) is 11.9 Å². The van der Waals surface area contributed by atoms with Gasteiger partial charge in [0.15, 0.2) is 0 Å². The Hall–Kier alpha value is -1.78. The highest BCUT2D eigenvalue weighted by atomic mass is 19.1. The van der Waals surface area contributed by atoms with E-state index in [1.165, 1.54) is 6.07 Å². The molecular formula is C17H22FN3. The number of aromatic nitrogens is 1. The number of likely N-dealkylation sites (N-methyl/N-ethyl adjacent to an activating group) is 1. The topological polar surface area (TPSA) is 42.2 Å². The highest BCUT2D eigenvalue weighted by molar-refractivity contribution is 5.20. The van der Waals surface area contributed by atoms with Gasteiger partial charge < -0.3 is 10.6 Å². The van der Waals surface area contributed by atoms with E-state index in [1.807, 2.05) is 30.5 Å². The second-order valence-electron chi connectivity index (χ2n) is 5.29. The number of benzene rings is 1. The van der Waals surface area contributed by atoms with Crippen molar-refractivity contribution < 1.29 is 4.39 Å². The SMILES string of the molecule is CN(CCc1ccccn1)CCC(N)c1ccccc1F. The fraction of sp³-hybridized carbons (Fsp3) is 0.353. The Balaban J connectivity index is 1.76. The Kier molecular flexibility index (Phi) is 5.84. The summed E-state index contributed by atoms with van der Waals surface area (Å²) in [5, 5.41) is 0. The molecule has 1 heterocycles. The summed E-state index contributed by atoms with van der Waals surface area (Å²) in [5.41, 5.74) is 7.75. The highest BCUT2D eigenvalue weighted by Crippen LogP contribution is 2.17. The summed E-state index contributed by atoms with van der Waals surface area (Å²) in [6.45, 7) is 1.75. The van der Waals surface area contributed by atoms with Crippen molar-refractivity contribution in [2.75, 3.05) is 20.1 Å². The first kappa shape index (κ1) is 15.6. The lowest BCUT2D eigenvalue weighted by molar-refractivity contribution is 0.320. The average Bonchev–Trinajstić information content (AvgIpc) is 2.52. The van der Waals surface area contributed by atoms with Crippen LogP contribution in [0.4, 0.5) is 4.39 Å². The molecule has 0 bridgehead atoms. The summed E-state index contributed by atoms with van der Waals surface area (Å²) < 4.78 is 13.6. The lowest BCUT2D eigenvalue weighted by atomic mass is 10.0. The Morgan fingerprint density at radius 1 is 1.14 bits per heavy atom. The maximum Gasteiger partial charge on any atom is 0.127 e. The average molecular weight is 287 g/mol. The van der Waals surface area contributed by atoms with Crippen LogP contribution >= 0.6 is 0 Å². The van der Waals surface area contributed by atoms with Gasteiger partial charge in [-0.15, -0.1) is 0 Å². The van der Waals surface area contributed by atoms with Crippen LogP contribution in [0.1, 0.15) is 23.7 Å². The van der Waals surface area contributed by atoms with E-state index in [0.717, 1.165) is 31.6 Å². The van der Waals surface area contributed by atoms with Gasteiger partial charge in [-0.2, -0.15) is 0 Å². The molecular weight excluding hydrogens is 265 g/mol. The normalized spacial score (nSPS) is 12.6. The van der Waals surface area contributed by atoms with Crippen molar-refractivity contribution in [3.05, 3.63) is 65.7 Å². The van der Waals surface area contributed by atoms with Gasteiger partial charge in [-0.25, -0.2) is 4.39 Å². The van der Waals surface area contributed by atoms with Crippen LogP contribution < -0.4 is 5.73 Å². The van der Waals surface area contributed by atoms with Gasteiger partial charge >= 0.3 is 0 Å². The van der Waals surface area contributed by atoms with Crippen molar-refractivity contribution in [3.8, 4) is 0 Å². The largest absolute Gasteiger partial charge is 0.324 e. The summed E-state index contributed by atoms with van der Waals surface area (Å²) in [5.74, 6) is -0.221. The summed E-state index contributed by atoms with van der Waals surface area (Å²) >= 11 is 0. The molecule has 0 saturated heterocycles. The van der Waals surface area contributed by atoms with E-state index in [0.29, 0.717) is 5.56 Å². The molecule has 0 aliphatic carbocycles. The van der Waals surface area contributed by atoms with E-state index >= 15 is 0 Å². The molecule has 0 spiro atoms. The standard InChI is InChI=1S/C17H22FN3/c1-21(12-9-14-6-4-5-11-20-14)13-10-17(19)15-7-2-3-8-16(15)18/h2-8,11,17H,9-10,12-13,19H2,1H3. The molecule has 0 radical (unpaired) electrons. The zero-order chi connectivity index (χ0) is 15.1. The molecule has 0 aliphatic rings. The van der Waals surface area contributed by atoms with E-state index < -0.39 is 0 Å². The lowest BCUT2D eigenvalue weighted by Crippen LogP contribution is -2.26. The molecule has 0 fully saturated rings. The van der Waals surface area contributed by atoms with Crippen LogP contribution in [-0.2, 0) is 6.42 Å². The van der Waals surface area contributed by atoms with Crippen molar-refractivity contribution in [1.29, 1.82) is 0 Å². The molecule has 4 heteroatoms. The number of halogens is 1. The van der Waals surface area contributed by atoms with Crippen LogP contribution in [0.25, 0.3) is 0 Å². The third kappa shape index (κ3) is 4.92. The molecule has 0 amide bonds. The maximum absolute atomic E-state index is 13.6. The van der Waals surface area contributed by atoms with Gasteiger partial charge in [-0.05, 0) is 38.2 Å². The number of rotatable bonds is 7. The van der Waals surface area contributed by atoms with E-state index in [9.17, 15) is 4.39 Å². The summed E-state index contributed by atoms with van der Waals surface area (Å²) in [6.07, 6.45) is 3.45. The zero-order valence-corrected chi connectivity index (χ0v) is 12.4. The number of hydrogen-bond donors (Lipinski definition) is 1. The van der Waals surface area contributed by atoms with Crippen LogP contribution in [0.15, 0.2) is 48.7 Å². The Bertz CT molecular complexity index is 545. The van der Waals surface area contributed by atoms with E-state index in [2.05, 4.69) is 16.9 Å². The highest BCUT2D eigenvalue weighted by Gasteiger charge is 2.11. The van der Waals surface area contributed by atoms with Gasteiger partial charge in [0.05, 0.1) is 0 Å². The molecule has 3 nitrogen and oxygen atoms in total. The Morgan fingerprint density at radius 2 is 1.90 bits per heavy atom. The third-order valence-electron chi connectivity index (χ3n) is 3.60. The fourth-order valence-corrected chi connectivity index (χ4v) is 2.25. The van der Waals surface area contributed by atoms with Crippen LogP contribution in [0.3, 0.4) is 0 Å². The molecule has 1 unspecified atom stereocenters. The minimum absolute atomic E-state index is 0.221. The number of nitrogens with two attached hydrogens (primary N) is 1. The first-order valence-electron chi connectivity index (χ1n) is 7.25. The van der Waals surface area contributed by atoms with Crippen molar-refractivity contribution >= 4 is 0 Å². The van der Waals surface area contributed by atoms with Gasteiger partial charge in [0.2, 0.25) is 0 Å². The first-order valence-corrected chi connectivity index (χ1v) is 7.25. The molecule has 2 rings (SSSR count). The third-order valence-corrected chi connectivity index (χ3v) is 3.60. The molecule has 21 heavy (non-hydrogen) atoms. The molecule has 1 aromatic carbocycles. The van der Waals surface area contributed by atoms with Gasteiger partial charge in [-0.1, -0.05) is 24.3 Å². The van der Waals surface area contributed by atoms with Crippen LogP contribution in [0.5, 0.6) is 0 Å². The minimum Gasteiger partial charge on any atom is -0.324 e. The van der Waals surface area contributed by atoms with Crippen molar-refractivity contribution in [2.45, 2.75) is 18.9 Å². The molecule has 0 aliphatic heterocycles. The van der Waals surface area contributed by atoms with Crippen LogP contribution in [0, 0.1) is 5.82 Å². The summed E-state index contributed by atoms with van der Waals surface area (Å²) in [6, 6.07) is 12.4. The predicted octanol–water partition coefficient (Wildman–Crippen LogP) is 2.79. The van der Waals surface area contributed by atoms with Gasteiger partial charge in [0, 0.05) is 36.5 Å². The molecule has 1 atom stereocenters. The maximum atomic E-state index is 13.6. The lowest BCUT2D eigenvalue weighted by Gasteiger charge is -2.19. The summed E-state index contributed by atoms with van der Waals surface area (Å²) in [4.78, 5) is 6.51.